The molecule has 1 amide bonds. The molecule has 5 heteroatoms. The highest BCUT2D eigenvalue weighted by Gasteiger charge is 2.06. The number of hydrogen-bond acceptors (Lipinski definition) is 3. The fourth-order valence-electron chi connectivity index (χ4n) is 1.73. The molecule has 1 aromatic carbocycles. The standard InChI is InChI=1S/C14H14BrN3O/c1-10-2-3-12(15)8-11(10)4-5-18-14(19)13-9-16-6-7-17-13/h2-3,6-9H,4-5H2,1H3,(H,18,19). The van der Waals surface area contributed by atoms with Crippen molar-refractivity contribution in [3.8, 4) is 0 Å². The molecule has 0 aliphatic rings. The molecule has 0 aliphatic carbocycles. The molecule has 2 aromatic rings. The van der Waals surface area contributed by atoms with Gasteiger partial charge in [0.25, 0.3) is 5.91 Å². The molecule has 2 rings (SSSR count). The van der Waals surface area contributed by atoms with Crippen LogP contribution in [0.3, 0.4) is 0 Å². The first kappa shape index (κ1) is 13.7. The van der Waals surface area contributed by atoms with Crippen LogP contribution in [0.15, 0.2) is 41.3 Å². The lowest BCUT2D eigenvalue weighted by molar-refractivity contribution is 0.0948. The maximum atomic E-state index is 11.8. The minimum atomic E-state index is -0.194. The van der Waals surface area contributed by atoms with Crippen LogP contribution < -0.4 is 5.32 Å². The van der Waals surface area contributed by atoms with Gasteiger partial charge in [-0.05, 0) is 36.6 Å². The summed E-state index contributed by atoms with van der Waals surface area (Å²) < 4.78 is 1.05. The molecule has 1 aromatic heterocycles. The Kier molecular flexibility index (Phi) is 4.63. The minimum Gasteiger partial charge on any atom is -0.350 e. The molecular formula is C14H14BrN3O. The number of rotatable bonds is 4. The number of amides is 1. The second-order valence-corrected chi connectivity index (χ2v) is 5.08. The SMILES string of the molecule is Cc1ccc(Br)cc1CCNC(=O)c1cnccn1. The summed E-state index contributed by atoms with van der Waals surface area (Å²) in [6.07, 6.45) is 5.30. The van der Waals surface area contributed by atoms with Gasteiger partial charge in [0.2, 0.25) is 0 Å². The summed E-state index contributed by atoms with van der Waals surface area (Å²) in [4.78, 5) is 19.6. The van der Waals surface area contributed by atoms with Crippen LogP contribution in [0.4, 0.5) is 0 Å². The Labute approximate surface area is 120 Å². The van der Waals surface area contributed by atoms with Gasteiger partial charge < -0.3 is 5.32 Å². The van der Waals surface area contributed by atoms with Gasteiger partial charge >= 0.3 is 0 Å². The summed E-state index contributed by atoms with van der Waals surface area (Å²) in [6, 6.07) is 6.14. The maximum Gasteiger partial charge on any atom is 0.271 e. The fourth-order valence-corrected chi connectivity index (χ4v) is 2.14. The highest BCUT2D eigenvalue weighted by molar-refractivity contribution is 9.10. The first-order chi connectivity index (χ1) is 9.16. The van der Waals surface area contributed by atoms with Gasteiger partial charge in [-0.15, -0.1) is 0 Å². The molecule has 4 nitrogen and oxygen atoms in total. The molecular weight excluding hydrogens is 306 g/mol. The molecule has 0 spiro atoms. The van der Waals surface area contributed by atoms with Gasteiger partial charge in [-0.2, -0.15) is 0 Å². The van der Waals surface area contributed by atoms with Gasteiger partial charge in [0.1, 0.15) is 5.69 Å². The van der Waals surface area contributed by atoms with Crippen molar-refractivity contribution in [2.45, 2.75) is 13.3 Å². The topological polar surface area (TPSA) is 54.9 Å². The molecule has 0 bridgehead atoms. The molecule has 0 radical (unpaired) electrons. The largest absolute Gasteiger partial charge is 0.350 e. The quantitative estimate of drug-likeness (QED) is 0.942. The van der Waals surface area contributed by atoms with Crippen molar-refractivity contribution in [1.29, 1.82) is 0 Å². The van der Waals surface area contributed by atoms with E-state index in [1.54, 1.807) is 6.20 Å². The molecule has 1 heterocycles. The zero-order valence-electron chi connectivity index (χ0n) is 10.6. The Bertz CT molecular complexity index is 572. The van der Waals surface area contributed by atoms with E-state index >= 15 is 0 Å². The molecule has 19 heavy (non-hydrogen) atoms. The van der Waals surface area contributed by atoms with Gasteiger partial charge in [0.15, 0.2) is 0 Å². The Morgan fingerprint density at radius 2 is 2.21 bits per heavy atom. The highest BCUT2D eigenvalue weighted by atomic mass is 79.9. The van der Waals surface area contributed by atoms with Crippen molar-refractivity contribution < 1.29 is 4.79 Å². The van der Waals surface area contributed by atoms with E-state index in [1.807, 2.05) is 6.07 Å². The van der Waals surface area contributed by atoms with Crippen LogP contribution in [-0.2, 0) is 6.42 Å². The number of benzene rings is 1. The van der Waals surface area contributed by atoms with Crippen molar-refractivity contribution in [3.63, 3.8) is 0 Å². The van der Waals surface area contributed by atoms with Crippen LogP contribution in [0.1, 0.15) is 21.6 Å². The Balaban J connectivity index is 1.90. The third-order valence-electron chi connectivity index (χ3n) is 2.79. The lowest BCUT2D eigenvalue weighted by Crippen LogP contribution is -2.26. The zero-order chi connectivity index (χ0) is 13.7. The lowest BCUT2D eigenvalue weighted by Gasteiger charge is -2.07. The lowest BCUT2D eigenvalue weighted by atomic mass is 10.1. The normalized spacial score (nSPS) is 10.2. The first-order valence-electron chi connectivity index (χ1n) is 5.96. The smallest absolute Gasteiger partial charge is 0.271 e. The van der Waals surface area contributed by atoms with E-state index in [1.165, 1.54) is 23.5 Å². The van der Waals surface area contributed by atoms with Crippen LogP contribution in [-0.4, -0.2) is 22.4 Å². The third-order valence-corrected chi connectivity index (χ3v) is 3.28. The number of aryl methyl sites for hydroxylation is 1. The zero-order valence-corrected chi connectivity index (χ0v) is 12.1. The molecule has 0 saturated carbocycles. The number of carbonyl (C=O) groups excluding carboxylic acids is 1. The molecule has 0 unspecified atom stereocenters. The van der Waals surface area contributed by atoms with Gasteiger partial charge in [-0.25, -0.2) is 4.98 Å². The molecule has 0 aliphatic heterocycles. The van der Waals surface area contributed by atoms with Crippen molar-refractivity contribution in [1.82, 2.24) is 15.3 Å². The summed E-state index contributed by atoms with van der Waals surface area (Å²) in [5.41, 5.74) is 2.78. The van der Waals surface area contributed by atoms with E-state index < -0.39 is 0 Å². The molecule has 0 atom stereocenters. The summed E-state index contributed by atoms with van der Waals surface area (Å²) in [5.74, 6) is -0.194. The van der Waals surface area contributed by atoms with Crippen LogP contribution in [0.5, 0.6) is 0 Å². The van der Waals surface area contributed by atoms with Crippen molar-refractivity contribution in [2.24, 2.45) is 0 Å². The summed E-state index contributed by atoms with van der Waals surface area (Å²) in [5, 5.41) is 2.84. The number of nitrogens with one attached hydrogen (secondary N) is 1. The van der Waals surface area contributed by atoms with E-state index in [0.717, 1.165) is 10.9 Å². The first-order valence-corrected chi connectivity index (χ1v) is 6.75. The van der Waals surface area contributed by atoms with Crippen LogP contribution >= 0.6 is 15.9 Å². The number of hydrogen-bond donors (Lipinski definition) is 1. The fraction of sp³-hybridized carbons (Fsp3) is 0.214. The van der Waals surface area contributed by atoms with Crippen molar-refractivity contribution >= 4 is 21.8 Å². The average molecular weight is 320 g/mol. The number of nitrogens with zero attached hydrogens (tertiary/aromatic N) is 2. The second-order valence-electron chi connectivity index (χ2n) is 4.17. The van der Waals surface area contributed by atoms with Gasteiger partial charge in [-0.1, -0.05) is 22.0 Å². The van der Waals surface area contributed by atoms with Crippen LogP contribution in [0.25, 0.3) is 0 Å². The second kappa shape index (κ2) is 6.43. The van der Waals surface area contributed by atoms with Gasteiger partial charge in [0, 0.05) is 23.4 Å². The monoisotopic (exact) mass is 319 g/mol. The molecule has 1 N–H and O–H groups in total. The molecule has 0 fully saturated rings. The van der Waals surface area contributed by atoms with E-state index in [4.69, 9.17) is 0 Å². The van der Waals surface area contributed by atoms with Gasteiger partial charge in [-0.3, -0.25) is 9.78 Å². The van der Waals surface area contributed by atoms with E-state index in [2.05, 4.69) is 50.3 Å². The summed E-state index contributed by atoms with van der Waals surface area (Å²) in [7, 11) is 0. The maximum absolute atomic E-state index is 11.8. The summed E-state index contributed by atoms with van der Waals surface area (Å²) >= 11 is 3.45. The number of halogens is 1. The van der Waals surface area contributed by atoms with Crippen LogP contribution in [0, 0.1) is 6.92 Å². The van der Waals surface area contributed by atoms with E-state index in [-0.39, 0.29) is 5.91 Å². The van der Waals surface area contributed by atoms with E-state index in [9.17, 15) is 4.79 Å². The Hall–Kier alpha value is -1.75. The van der Waals surface area contributed by atoms with Crippen LogP contribution in [0.2, 0.25) is 0 Å². The predicted octanol–water partition coefficient (Wildman–Crippen LogP) is 2.52. The van der Waals surface area contributed by atoms with Crippen molar-refractivity contribution in [2.75, 3.05) is 6.54 Å². The Morgan fingerprint density at radius 3 is 2.95 bits per heavy atom. The van der Waals surface area contributed by atoms with Gasteiger partial charge in [0.05, 0.1) is 6.20 Å². The third kappa shape index (κ3) is 3.86. The van der Waals surface area contributed by atoms with E-state index in [0.29, 0.717) is 12.2 Å². The van der Waals surface area contributed by atoms with Crippen molar-refractivity contribution in [3.05, 3.63) is 58.1 Å². The molecule has 98 valence electrons. The summed E-state index contributed by atoms with van der Waals surface area (Å²) in [6.45, 7) is 2.64. The molecule has 0 saturated heterocycles. The predicted molar refractivity (Wildman–Crippen MR) is 76.9 cm³/mol. The Morgan fingerprint density at radius 1 is 1.37 bits per heavy atom. The average Bonchev–Trinajstić information content (AvgIpc) is 2.43. The number of aromatic nitrogens is 2. The highest BCUT2D eigenvalue weighted by Crippen LogP contribution is 2.16. The number of carbonyl (C=O) groups is 1. The minimum absolute atomic E-state index is 0.194.